The minimum Gasteiger partial charge on any atom is -0.480 e. The number of aromatic amines is 2. The average Bonchev–Trinajstić information content (AvgIpc) is 2.35. The van der Waals surface area contributed by atoms with Gasteiger partial charge in [-0.1, -0.05) is 0 Å². The smallest absolute Gasteiger partial charge is 0.327 e. The molecule has 21 heavy (non-hydrogen) atoms. The molecule has 0 spiro atoms. The van der Waals surface area contributed by atoms with Gasteiger partial charge in [-0.25, -0.2) is 9.78 Å². The fraction of sp³-hybridized carbons (Fsp3) is 0.250. The van der Waals surface area contributed by atoms with Crippen molar-refractivity contribution in [3.63, 3.8) is 0 Å². The van der Waals surface area contributed by atoms with Crippen molar-refractivity contribution in [3.8, 4) is 0 Å². The second-order valence-corrected chi connectivity index (χ2v) is 4.51. The quantitative estimate of drug-likeness (QED) is 0.669. The van der Waals surface area contributed by atoms with E-state index in [0.29, 0.717) is 5.56 Å². The zero-order valence-corrected chi connectivity index (χ0v) is 11.3. The highest BCUT2D eigenvalue weighted by Gasteiger charge is 2.18. The van der Waals surface area contributed by atoms with E-state index >= 15 is 0 Å². The SMILES string of the molecule is Cc1cc(C(=O)N(C)CC(=O)O)nc2[nH]c(=O)[nH]c(=O)c12. The molecule has 1 amide bonds. The Hall–Kier alpha value is -2.97. The number of amides is 1. The average molecular weight is 292 g/mol. The molecule has 3 N–H and O–H groups in total. The highest BCUT2D eigenvalue weighted by atomic mass is 16.4. The van der Waals surface area contributed by atoms with E-state index in [2.05, 4.69) is 15.0 Å². The Balaban J connectivity index is 2.57. The number of likely N-dealkylation sites (N-methyl/N-ethyl adjacent to an activating group) is 1. The largest absolute Gasteiger partial charge is 0.480 e. The van der Waals surface area contributed by atoms with Crippen molar-refractivity contribution in [1.82, 2.24) is 19.9 Å². The van der Waals surface area contributed by atoms with E-state index < -0.39 is 29.7 Å². The van der Waals surface area contributed by atoms with Crippen LogP contribution in [0.1, 0.15) is 16.1 Å². The maximum Gasteiger partial charge on any atom is 0.327 e. The molecule has 0 aromatic carbocycles. The van der Waals surface area contributed by atoms with Gasteiger partial charge in [0.05, 0.1) is 5.39 Å². The van der Waals surface area contributed by atoms with E-state index in [9.17, 15) is 19.2 Å². The lowest BCUT2D eigenvalue weighted by atomic mass is 10.1. The summed E-state index contributed by atoms with van der Waals surface area (Å²) in [6.45, 7) is 1.11. The van der Waals surface area contributed by atoms with Crippen molar-refractivity contribution in [3.05, 3.63) is 38.2 Å². The Labute approximate surface area is 117 Å². The van der Waals surface area contributed by atoms with Crippen LogP contribution in [0.5, 0.6) is 0 Å². The molecule has 0 saturated carbocycles. The Bertz CT molecular complexity index is 851. The molecule has 9 nitrogen and oxygen atoms in total. The highest BCUT2D eigenvalue weighted by Crippen LogP contribution is 2.12. The van der Waals surface area contributed by atoms with Crippen molar-refractivity contribution >= 4 is 22.9 Å². The van der Waals surface area contributed by atoms with Gasteiger partial charge in [0.1, 0.15) is 17.9 Å². The van der Waals surface area contributed by atoms with Crippen LogP contribution in [0.3, 0.4) is 0 Å². The number of pyridine rings is 1. The fourth-order valence-electron chi connectivity index (χ4n) is 1.93. The number of fused-ring (bicyclic) bond motifs is 1. The summed E-state index contributed by atoms with van der Waals surface area (Å²) in [7, 11) is 1.32. The number of aryl methyl sites for hydroxylation is 1. The molecular formula is C12H12N4O5. The molecule has 0 aliphatic heterocycles. The Kier molecular flexibility index (Phi) is 3.57. The predicted molar refractivity (Wildman–Crippen MR) is 72.3 cm³/mol. The van der Waals surface area contributed by atoms with Gasteiger partial charge in [0.2, 0.25) is 0 Å². The highest BCUT2D eigenvalue weighted by molar-refractivity contribution is 5.96. The number of carbonyl (C=O) groups is 2. The van der Waals surface area contributed by atoms with E-state index in [1.165, 1.54) is 13.1 Å². The molecule has 9 heteroatoms. The molecule has 0 radical (unpaired) electrons. The summed E-state index contributed by atoms with van der Waals surface area (Å²) in [6, 6.07) is 1.37. The maximum absolute atomic E-state index is 12.1. The number of nitrogens with zero attached hydrogens (tertiary/aromatic N) is 2. The first-order valence-corrected chi connectivity index (χ1v) is 5.91. The molecule has 2 heterocycles. The second kappa shape index (κ2) is 5.19. The number of carbonyl (C=O) groups excluding carboxylic acids is 1. The number of aromatic nitrogens is 3. The van der Waals surface area contributed by atoms with Crippen LogP contribution in [-0.4, -0.2) is 50.4 Å². The van der Waals surface area contributed by atoms with Crippen LogP contribution in [0.4, 0.5) is 0 Å². The van der Waals surface area contributed by atoms with Gasteiger partial charge in [-0.05, 0) is 18.6 Å². The normalized spacial score (nSPS) is 10.6. The number of hydrogen-bond donors (Lipinski definition) is 3. The van der Waals surface area contributed by atoms with Gasteiger partial charge >= 0.3 is 11.7 Å². The molecule has 0 aliphatic rings. The monoisotopic (exact) mass is 292 g/mol. The molecule has 0 aliphatic carbocycles. The van der Waals surface area contributed by atoms with Gasteiger partial charge < -0.3 is 10.0 Å². The van der Waals surface area contributed by atoms with Gasteiger partial charge in [0.15, 0.2) is 0 Å². The van der Waals surface area contributed by atoms with Gasteiger partial charge in [0, 0.05) is 7.05 Å². The number of carboxylic acids is 1. The minimum absolute atomic E-state index is 0.0178. The molecule has 2 aromatic rings. The summed E-state index contributed by atoms with van der Waals surface area (Å²) in [5, 5.41) is 8.84. The molecule has 0 atom stereocenters. The summed E-state index contributed by atoms with van der Waals surface area (Å²) < 4.78 is 0. The van der Waals surface area contributed by atoms with Crippen LogP contribution in [0.25, 0.3) is 11.0 Å². The predicted octanol–water partition coefficient (Wildman–Crippen LogP) is -0.924. The van der Waals surface area contributed by atoms with Crippen molar-refractivity contribution in [2.75, 3.05) is 13.6 Å². The van der Waals surface area contributed by atoms with Crippen LogP contribution in [0.15, 0.2) is 15.7 Å². The summed E-state index contributed by atoms with van der Waals surface area (Å²) in [5.74, 6) is -1.78. The van der Waals surface area contributed by atoms with Crippen molar-refractivity contribution in [2.45, 2.75) is 6.92 Å². The maximum atomic E-state index is 12.1. The molecule has 2 rings (SSSR count). The third kappa shape index (κ3) is 2.81. The third-order valence-corrected chi connectivity index (χ3v) is 2.84. The van der Waals surface area contributed by atoms with E-state index in [0.717, 1.165) is 4.90 Å². The third-order valence-electron chi connectivity index (χ3n) is 2.84. The number of rotatable bonds is 3. The van der Waals surface area contributed by atoms with Gasteiger partial charge in [0.25, 0.3) is 11.5 Å². The molecule has 0 saturated heterocycles. The molecule has 0 fully saturated rings. The van der Waals surface area contributed by atoms with E-state index in [-0.39, 0.29) is 16.7 Å². The standard InChI is InChI=1S/C12H12N4O5/c1-5-3-6(11(20)16(2)4-7(17)18)13-9-8(5)10(19)15-12(21)14-9/h3H,4H2,1-2H3,(H,17,18)(H2,13,14,15,19,21). The topological polar surface area (TPSA) is 136 Å². The lowest BCUT2D eigenvalue weighted by molar-refractivity contribution is -0.137. The van der Waals surface area contributed by atoms with Crippen molar-refractivity contribution < 1.29 is 14.7 Å². The molecule has 2 aromatic heterocycles. The number of hydrogen-bond acceptors (Lipinski definition) is 5. The summed E-state index contributed by atoms with van der Waals surface area (Å²) in [5.41, 5.74) is -0.954. The summed E-state index contributed by atoms with van der Waals surface area (Å²) >= 11 is 0. The Morgan fingerprint density at radius 1 is 1.33 bits per heavy atom. The van der Waals surface area contributed by atoms with Crippen molar-refractivity contribution in [2.24, 2.45) is 0 Å². The lowest BCUT2D eigenvalue weighted by Gasteiger charge is -2.14. The zero-order chi connectivity index (χ0) is 15.7. The van der Waals surface area contributed by atoms with Crippen LogP contribution < -0.4 is 11.2 Å². The van der Waals surface area contributed by atoms with Crippen LogP contribution in [0.2, 0.25) is 0 Å². The summed E-state index contributed by atoms with van der Waals surface area (Å²) in [6.07, 6.45) is 0. The first-order valence-electron chi connectivity index (χ1n) is 5.91. The minimum atomic E-state index is -1.16. The van der Waals surface area contributed by atoms with Gasteiger partial charge in [-0.15, -0.1) is 0 Å². The first-order chi connectivity index (χ1) is 9.79. The second-order valence-electron chi connectivity index (χ2n) is 4.51. The number of aliphatic carboxylic acids is 1. The zero-order valence-electron chi connectivity index (χ0n) is 11.3. The van der Waals surface area contributed by atoms with Crippen LogP contribution >= 0.6 is 0 Å². The Morgan fingerprint density at radius 3 is 2.62 bits per heavy atom. The van der Waals surface area contributed by atoms with E-state index in [4.69, 9.17) is 5.11 Å². The van der Waals surface area contributed by atoms with E-state index in [1.54, 1.807) is 6.92 Å². The Morgan fingerprint density at radius 2 is 2.00 bits per heavy atom. The molecule has 0 bridgehead atoms. The first kappa shape index (κ1) is 14.4. The molecular weight excluding hydrogens is 280 g/mol. The lowest BCUT2D eigenvalue weighted by Crippen LogP contribution is -2.33. The number of carboxylic acid groups (broad SMARTS) is 1. The van der Waals surface area contributed by atoms with Gasteiger partial charge in [-0.2, -0.15) is 0 Å². The molecule has 0 unspecified atom stereocenters. The van der Waals surface area contributed by atoms with Crippen molar-refractivity contribution in [1.29, 1.82) is 0 Å². The van der Waals surface area contributed by atoms with Gasteiger partial charge in [-0.3, -0.25) is 24.4 Å². The van der Waals surface area contributed by atoms with E-state index in [1.807, 2.05) is 0 Å². The van der Waals surface area contributed by atoms with Crippen LogP contribution in [-0.2, 0) is 4.79 Å². The number of H-pyrrole nitrogens is 2. The molecule has 110 valence electrons. The fourth-order valence-corrected chi connectivity index (χ4v) is 1.93. The van der Waals surface area contributed by atoms with Crippen LogP contribution in [0, 0.1) is 6.92 Å². The summed E-state index contributed by atoms with van der Waals surface area (Å²) in [4.78, 5) is 54.9. The number of nitrogens with one attached hydrogen (secondary N) is 2.